The fourth-order valence-electron chi connectivity index (χ4n) is 4.43. The Morgan fingerprint density at radius 3 is 2.26 bits per heavy atom. The summed E-state index contributed by atoms with van der Waals surface area (Å²) >= 11 is 0. The number of hydrogen-bond acceptors (Lipinski definition) is 1. The highest BCUT2D eigenvalue weighted by Crippen LogP contribution is 2.45. The van der Waals surface area contributed by atoms with Gasteiger partial charge in [-0.25, -0.2) is 0 Å². The molecular formula is C17H20BN. The summed E-state index contributed by atoms with van der Waals surface area (Å²) in [7, 11) is 0. The van der Waals surface area contributed by atoms with Gasteiger partial charge in [0.1, 0.15) is 0 Å². The van der Waals surface area contributed by atoms with Gasteiger partial charge in [0.15, 0.2) is 0 Å². The molecule has 96 valence electrons. The number of benzene rings is 1. The predicted octanol–water partition coefficient (Wildman–Crippen LogP) is 4.04. The highest BCUT2D eigenvalue weighted by atomic mass is 14.7. The van der Waals surface area contributed by atoms with E-state index in [-0.39, 0.29) is 0 Å². The molecule has 0 saturated carbocycles. The van der Waals surface area contributed by atoms with Gasteiger partial charge in [0.25, 0.3) is 0 Å². The number of fused-ring (bicyclic) bond motifs is 3. The molecule has 0 unspecified atom stereocenters. The molecule has 1 aromatic carbocycles. The van der Waals surface area contributed by atoms with E-state index in [0.29, 0.717) is 0 Å². The van der Waals surface area contributed by atoms with E-state index in [9.17, 15) is 0 Å². The first-order chi connectivity index (χ1) is 9.42. The van der Waals surface area contributed by atoms with Crippen molar-refractivity contribution in [3.05, 3.63) is 36.4 Å². The standard InChI is InChI=1S/C17H20BN/c1-2-10-16-13(5-1)11-12-17(19-16)18-14-6-3-7-15(18)9-4-8-14/h1-2,5,10-12,14-15H,3-4,6-9H2. The molecule has 0 radical (unpaired) electrons. The lowest BCUT2D eigenvalue weighted by molar-refractivity contribution is 0.447. The van der Waals surface area contributed by atoms with Crippen LogP contribution in [0.4, 0.5) is 0 Å². The van der Waals surface area contributed by atoms with Gasteiger partial charge in [-0.15, -0.1) is 0 Å². The van der Waals surface area contributed by atoms with Crippen molar-refractivity contribution in [2.45, 2.75) is 50.2 Å². The minimum atomic E-state index is 0.743. The van der Waals surface area contributed by atoms with Crippen LogP contribution in [0, 0.1) is 0 Å². The molecule has 0 atom stereocenters. The molecule has 19 heavy (non-hydrogen) atoms. The van der Waals surface area contributed by atoms with Gasteiger partial charge in [0.05, 0.1) is 5.52 Å². The van der Waals surface area contributed by atoms with Gasteiger partial charge in [-0.3, -0.25) is 4.98 Å². The van der Waals surface area contributed by atoms with Crippen LogP contribution < -0.4 is 5.59 Å². The Kier molecular flexibility index (Phi) is 2.83. The Hall–Kier alpha value is -1.31. The van der Waals surface area contributed by atoms with Gasteiger partial charge in [0.2, 0.25) is 6.71 Å². The summed E-state index contributed by atoms with van der Waals surface area (Å²) in [5.74, 6) is 1.81. The van der Waals surface area contributed by atoms with Gasteiger partial charge >= 0.3 is 0 Å². The molecule has 0 N–H and O–H groups in total. The summed E-state index contributed by atoms with van der Waals surface area (Å²) in [5.41, 5.74) is 2.54. The number of pyridine rings is 1. The third kappa shape index (κ3) is 1.98. The summed E-state index contributed by atoms with van der Waals surface area (Å²) < 4.78 is 0. The normalized spacial score (nSPS) is 26.6. The molecule has 3 heterocycles. The smallest absolute Gasteiger partial charge is 0.206 e. The van der Waals surface area contributed by atoms with Crippen LogP contribution in [0.25, 0.3) is 10.9 Å². The van der Waals surface area contributed by atoms with Crippen LogP contribution in [0.15, 0.2) is 36.4 Å². The van der Waals surface area contributed by atoms with Gasteiger partial charge in [-0.05, 0) is 12.1 Å². The van der Waals surface area contributed by atoms with Crippen molar-refractivity contribution in [3.8, 4) is 0 Å². The number of hydrogen-bond donors (Lipinski definition) is 0. The van der Waals surface area contributed by atoms with Crippen molar-refractivity contribution in [2.24, 2.45) is 0 Å². The Balaban J connectivity index is 1.76. The molecular weight excluding hydrogens is 229 g/mol. The Morgan fingerprint density at radius 1 is 0.842 bits per heavy atom. The number of aromatic nitrogens is 1. The number of para-hydroxylation sites is 1. The van der Waals surface area contributed by atoms with Crippen LogP contribution in [0.1, 0.15) is 38.5 Å². The van der Waals surface area contributed by atoms with E-state index in [1.807, 2.05) is 0 Å². The molecule has 1 aromatic heterocycles. The molecule has 2 aliphatic rings. The molecule has 2 aromatic rings. The van der Waals surface area contributed by atoms with E-state index >= 15 is 0 Å². The maximum Gasteiger partial charge on any atom is 0.206 e. The summed E-state index contributed by atoms with van der Waals surface area (Å²) in [5, 5.41) is 1.27. The van der Waals surface area contributed by atoms with E-state index in [2.05, 4.69) is 36.4 Å². The second-order valence-corrected chi connectivity index (χ2v) is 6.34. The average Bonchev–Trinajstić information content (AvgIpc) is 2.46. The minimum Gasteiger partial charge on any atom is -0.263 e. The van der Waals surface area contributed by atoms with Crippen LogP contribution in [-0.2, 0) is 0 Å². The topological polar surface area (TPSA) is 12.9 Å². The van der Waals surface area contributed by atoms with Crippen molar-refractivity contribution in [2.75, 3.05) is 0 Å². The van der Waals surface area contributed by atoms with E-state index in [1.165, 1.54) is 55.0 Å². The van der Waals surface area contributed by atoms with Crippen LogP contribution in [0.5, 0.6) is 0 Å². The molecule has 1 nitrogen and oxygen atoms in total. The van der Waals surface area contributed by atoms with Gasteiger partial charge < -0.3 is 0 Å². The second-order valence-electron chi connectivity index (χ2n) is 6.34. The fourth-order valence-corrected chi connectivity index (χ4v) is 4.43. The monoisotopic (exact) mass is 249 g/mol. The predicted molar refractivity (Wildman–Crippen MR) is 82.3 cm³/mol. The lowest BCUT2D eigenvalue weighted by Gasteiger charge is -2.40. The number of nitrogens with zero attached hydrogens (tertiary/aromatic N) is 1. The van der Waals surface area contributed by atoms with Crippen LogP contribution in [0.2, 0.25) is 11.6 Å². The summed E-state index contributed by atoms with van der Waals surface area (Å²) in [6.07, 6.45) is 8.59. The first-order valence-corrected chi connectivity index (χ1v) is 7.77. The fraction of sp³-hybridized carbons (Fsp3) is 0.471. The Morgan fingerprint density at radius 2 is 1.53 bits per heavy atom. The number of rotatable bonds is 1. The van der Waals surface area contributed by atoms with Crippen molar-refractivity contribution >= 4 is 23.2 Å². The second kappa shape index (κ2) is 4.66. The maximum atomic E-state index is 4.98. The van der Waals surface area contributed by atoms with E-state index in [0.717, 1.165) is 18.3 Å². The molecule has 2 heteroatoms. The molecule has 0 aliphatic carbocycles. The van der Waals surface area contributed by atoms with Crippen LogP contribution >= 0.6 is 0 Å². The molecule has 2 fully saturated rings. The Labute approximate surface area is 115 Å². The quantitative estimate of drug-likeness (QED) is 0.695. The molecule has 0 spiro atoms. The zero-order chi connectivity index (χ0) is 12.7. The highest BCUT2D eigenvalue weighted by Gasteiger charge is 2.41. The van der Waals surface area contributed by atoms with Gasteiger partial charge in [-0.1, -0.05) is 74.4 Å². The van der Waals surface area contributed by atoms with Crippen LogP contribution in [0.3, 0.4) is 0 Å². The van der Waals surface area contributed by atoms with Crippen molar-refractivity contribution < 1.29 is 0 Å². The van der Waals surface area contributed by atoms with Gasteiger partial charge in [-0.2, -0.15) is 0 Å². The molecule has 2 aliphatic heterocycles. The SMILES string of the molecule is c1ccc2nc(B3C4CCCC3CCC4)ccc2c1. The van der Waals surface area contributed by atoms with Crippen molar-refractivity contribution in [3.63, 3.8) is 0 Å². The van der Waals surface area contributed by atoms with Gasteiger partial charge in [0, 0.05) is 11.0 Å². The van der Waals surface area contributed by atoms with E-state index in [1.54, 1.807) is 0 Å². The van der Waals surface area contributed by atoms with Crippen molar-refractivity contribution in [1.29, 1.82) is 0 Å². The van der Waals surface area contributed by atoms with E-state index < -0.39 is 0 Å². The third-order valence-electron chi connectivity index (χ3n) is 5.28. The molecule has 2 saturated heterocycles. The summed E-state index contributed by atoms with van der Waals surface area (Å²) in [6.45, 7) is 0.743. The maximum absolute atomic E-state index is 4.98. The molecule has 2 bridgehead atoms. The lowest BCUT2D eigenvalue weighted by Crippen LogP contribution is -2.45. The highest BCUT2D eigenvalue weighted by molar-refractivity contribution is 6.75. The van der Waals surface area contributed by atoms with Crippen molar-refractivity contribution in [1.82, 2.24) is 4.98 Å². The largest absolute Gasteiger partial charge is 0.263 e. The third-order valence-corrected chi connectivity index (χ3v) is 5.28. The Bertz CT molecular complexity index is 573. The lowest BCUT2D eigenvalue weighted by atomic mass is 9.26. The molecule has 4 rings (SSSR count). The first-order valence-electron chi connectivity index (χ1n) is 7.77. The average molecular weight is 249 g/mol. The minimum absolute atomic E-state index is 0.743. The van der Waals surface area contributed by atoms with E-state index in [4.69, 9.17) is 4.98 Å². The van der Waals surface area contributed by atoms with Crippen LogP contribution in [-0.4, -0.2) is 11.7 Å². The zero-order valence-electron chi connectivity index (χ0n) is 11.4. The zero-order valence-corrected chi connectivity index (χ0v) is 11.4. The summed E-state index contributed by atoms with van der Waals surface area (Å²) in [6, 6.07) is 13.1. The molecule has 0 amide bonds. The summed E-state index contributed by atoms with van der Waals surface area (Å²) in [4.78, 5) is 4.98. The first kappa shape index (κ1) is 11.5.